The highest BCUT2D eigenvalue weighted by Gasteiger charge is 2.47. The number of alkyl halides is 3. The van der Waals surface area contributed by atoms with Gasteiger partial charge >= 0.3 is 6.18 Å². The first kappa shape index (κ1) is 15.4. The molecule has 0 spiro atoms. The fourth-order valence-electron chi connectivity index (χ4n) is 3.24. The lowest BCUT2D eigenvalue weighted by atomic mass is 9.74. The molecular weight excluding hydrogens is 265 g/mol. The van der Waals surface area contributed by atoms with Crippen LogP contribution in [0, 0.1) is 18.8 Å². The van der Waals surface area contributed by atoms with E-state index in [4.69, 9.17) is 0 Å². The van der Waals surface area contributed by atoms with E-state index in [0.717, 1.165) is 17.5 Å². The lowest BCUT2D eigenvalue weighted by molar-refractivity contribution is -0.206. The van der Waals surface area contributed by atoms with Crippen LogP contribution in [0.5, 0.6) is 0 Å². The second kappa shape index (κ2) is 6.17. The van der Waals surface area contributed by atoms with E-state index < -0.39 is 24.1 Å². The van der Waals surface area contributed by atoms with E-state index in [2.05, 4.69) is 0 Å². The third-order valence-corrected chi connectivity index (χ3v) is 4.42. The molecule has 1 aliphatic rings. The molecule has 4 heteroatoms. The lowest BCUT2D eigenvalue weighted by Gasteiger charge is -2.36. The minimum Gasteiger partial charge on any atom is -0.392 e. The maximum absolute atomic E-state index is 13.1. The summed E-state index contributed by atoms with van der Waals surface area (Å²) < 4.78 is 39.2. The van der Waals surface area contributed by atoms with Gasteiger partial charge in [-0.1, -0.05) is 37.1 Å². The Bertz CT molecular complexity index is 442. The SMILES string of the molecule is Cc1ccccc1CC(O)C1CCCCC1C(F)(F)F. The second-order valence-electron chi connectivity index (χ2n) is 5.79. The summed E-state index contributed by atoms with van der Waals surface area (Å²) in [5.74, 6) is -2.02. The quantitative estimate of drug-likeness (QED) is 0.880. The molecule has 20 heavy (non-hydrogen) atoms. The molecule has 1 fully saturated rings. The van der Waals surface area contributed by atoms with E-state index in [1.165, 1.54) is 0 Å². The first-order valence-corrected chi connectivity index (χ1v) is 7.19. The molecule has 0 aromatic heterocycles. The van der Waals surface area contributed by atoms with Crippen LogP contribution in [0.25, 0.3) is 0 Å². The zero-order valence-electron chi connectivity index (χ0n) is 11.7. The summed E-state index contributed by atoms with van der Waals surface area (Å²) >= 11 is 0. The molecule has 3 unspecified atom stereocenters. The molecule has 1 aliphatic carbocycles. The number of hydrogen-bond acceptors (Lipinski definition) is 1. The molecule has 0 bridgehead atoms. The third-order valence-electron chi connectivity index (χ3n) is 4.42. The van der Waals surface area contributed by atoms with Gasteiger partial charge in [-0.05, 0) is 43.2 Å². The average Bonchev–Trinajstić information content (AvgIpc) is 2.40. The summed E-state index contributed by atoms with van der Waals surface area (Å²) in [4.78, 5) is 0. The van der Waals surface area contributed by atoms with Crippen LogP contribution in [0.2, 0.25) is 0 Å². The molecule has 112 valence electrons. The van der Waals surface area contributed by atoms with Crippen molar-refractivity contribution in [3.8, 4) is 0 Å². The molecule has 0 aliphatic heterocycles. The Morgan fingerprint density at radius 2 is 1.85 bits per heavy atom. The highest BCUT2D eigenvalue weighted by molar-refractivity contribution is 5.26. The van der Waals surface area contributed by atoms with Gasteiger partial charge in [0.05, 0.1) is 12.0 Å². The summed E-state index contributed by atoms with van der Waals surface area (Å²) in [7, 11) is 0. The van der Waals surface area contributed by atoms with Crippen LogP contribution in [-0.4, -0.2) is 17.4 Å². The molecule has 1 N–H and O–H groups in total. The normalized spacial score (nSPS) is 25.4. The van der Waals surface area contributed by atoms with Crippen LogP contribution in [0.4, 0.5) is 13.2 Å². The minimum absolute atomic E-state index is 0.152. The maximum atomic E-state index is 13.1. The van der Waals surface area contributed by atoms with Gasteiger partial charge in [-0.2, -0.15) is 13.2 Å². The smallest absolute Gasteiger partial charge is 0.392 e. The van der Waals surface area contributed by atoms with E-state index in [9.17, 15) is 18.3 Å². The number of benzene rings is 1. The Balaban J connectivity index is 2.10. The molecule has 1 nitrogen and oxygen atoms in total. The van der Waals surface area contributed by atoms with Gasteiger partial charge in [0, 0.05) is 0 Å². The summed E-state index contributed by atoms with van der Waals surface area (Å²) in [6.45, 7) is 1.92. The molecule has 0 amide bonds. The Kier molecular flexibility index (Phi) is 4.74. The number of hydrogen-bond donors (Lipinski definition) is 1. The zero-order chi connectivity index (χ0) is 14.8. The van der Waals surface area contributed by atoms with E-state index in [1.54, 1.807) is 0 Å². The van der Waals surface area contributed by atoms with Crippen LogP contribution < -0.4 is 0 Å². The van der Waals surface area contributed by atoms with Gasteiger partial charge in [0.25, 0.3) is 0 Å². The van der Waals surface area contributed by atoms with Crippen LogP contribution in [0.3, 0.4) is 0 Å². The van der Waals surface area contributed by atoms with Crippen LogP contribution in [0.15, 0.2) is 24.3 Å². The summed E-state index contributed by atoms with van der Waals surface area (Å²) in [5, 5.41) is 10.3. The Morgan fingerprint density at radius 3 is 2.50 bits per heavy atom. The van der Waals surface area contributed by atoms with Gasteiger partial charge in [-0.25, -0.2) is 0 Å². The number of aryl methyl sites for hydroxylation is 1. The number of aliphatic hydroxyl groups is 1. The zero-order valence-corrected chi connectivity index (χ0v) is 11.7. The van der Waals surface area contributed by atoms with Crippen LogP contribution >= 0.6 is 0 Å². The first-order chi connectivity index (χ1) is 9.39. The number of rotatable bonds is 3. The van der Waals surface area contributed by atoms with Crippen molar-refractivity contribution < 1.29 is 18.3 Å². The molecule has 0 heterocycles. The Hall–Kier alpha value is -1.03. The maximum Gasteiger partial charge on any atom is 0.392 e. The fraction of sp³-hybridized carbons (Fsp3) is 0.625. The predicted octanol–water partition coefficient (Wildman–Crippen LogP) is 4.27. The largest absolute Gasteiger partial charge is 0.392 e. The van der Waals surface area contributed by atoms with E-state index in [0.29, 0.717) is 19.3 Å². The Morgan fingerprint density at radius 1 is 1.20 bits per heavy atom. The van der Waals surface area contributed by atoms with Gasteiger partial charge in [0.15, 0.2) is 0 Å². The summed E-state index contributed by atoms with van der Waals surface area (Å²) in [5.41, 5.74) is 1.96. The molecule has 1 aromatic carbocycles. The van der Waals surface area contributed by atoms with Crippen LogP contribution in [0.1, 0.15) is 36.8 Å². The number of aliphatic hydroxyl groups excluding tert-OH is 1. The first-order valence-electron chi connectivity index (χ1n) is 7.19. The van der Waals surface area contributed by atoms with Crippen molar-refractivity contribution in [3.63, 3.8) is 0 Å². The van der Waals surface area contributed by atoms with Crippen molar-refractivity contribution in [2.75, 3.05) is 0 Å². The van der Waals surface area contributed by atoms with Crippen molar-refractivity contribution in [1.82, 2.24) is 0 Å². The summed E-state index contributed by atoms with van der Waals surface area (Å²) in [6, 6.07) is 7.55. The fourth-order valence-corrected chi connectivity index (χ4v) is 3.24. The predicted molar refractivity (Wildman–Crippen MR) is 72.4 cm³/mol. The third kappa shape index (κ3) is 3.54. The van der Waals surface area contributed by atoms with Crippen molar-refractivity contribution in [2.45, 2.75) is 51.3 Å². The monoisotopic (exact) mass is 286 g/mol. The molecule has 0 saturated heterocycles. The van der Waals surface area contributed by atoms with Crippen molar-refractivity contribution in [3.05, 3.63) is 35.4 Å². The molecule has 0 radical (unpaired) electrons. The second-order valence-corrected chi connectivity index (χ2v) is 5.79. The van der Waals surface area contributed by atoms with Crippen molar-refractivity contribution in [2.24, 2.45) is 11.8 Å². The molecule has 2 rings (SSSR count). The lowest BCUT2D eigenvalue weighted by Crippen LogP contribution is -2.40. The standard InChI is InChI=1S/C16H21F3O/c1-11-6-2-3-7-12(11)10-15(20)13-8-4-5-9-14(13)16(17,18)19/h2-3,6-7,13-15,20H,4-5,8-10H2,1H3. The molecular formula is C16H21F3O. The van der Waals surface area contributed by atoms with Crippen molar-refractivity contribution in [1.29, 1.82) is 0 Å². The van der Waals surface area contributed by atoms with Gasteiger partial charge in [0.1, 0.15) is 0 Å². The average molecular weight is 286 g/mol. The highest BCUT2D eigenvalue weighted by atomic mass is 19.4. The molecule has 1 saturated carbocycles. The van der Waals surface area contributed by atoms with E-state index in [-0.39, 0.29) is 6.42 Å². The Labute approximate surface area is 117 Å². The van der Waals surface area contributed by atoms with Gasteiger partial charge in [-0.3, -0.25) is 0 Å². The van der Waals surface area contributed by atoms with Gasteiger partial charge in [0.2, 0.25) is 0 Å². The van der Waals surface area contributed by atoms with Gasteiger partial charge < -0.3 is 5.11 Å². The molecule has 3 atom stereocenters. The number of halogens is 3. The van der Waals surface area contributed by atoms with Crippen molar-refractivity contribution >= 4 is 0 Å². The summed E-state index contributed by atoms with van der Waals surface area (Å²) in [6.07, 6.45) is -2.79. The molecule has 1 aromatic rings. The highest BCUT2D eigenvalue weighted by Crippen LogP contribution is 2.43. The van der Waals surface area contributed by atoms with Gasteiger partial charge in [-0.15, -0.1) is 0 Å². The van der Waals surface area contributed by atoms with E-state index in [1.807, 2.05) is 31.2 Å². The van der Waals surface area contributed by atoms with Crippen LogP contribution in [-0.2, 0) is 6.42 Å². The topological polar surface area (TPSA) is 20.2 Å². The minimum atomic E-state index is -4.20. The van der Waals surface area contributed by atoms with E-state index >= 15 is 0 Å².